The van der Waals surface area contributed by atoms with Crippen molar-refractivity contribution < 1.29 is 18.7 Å². The van der Waals surface area contributed by atoms with Crippen LogP contribution in [0.5, 0.6) is 11.5 Å². The Kier molecular flexibility index (Phi) is 10.0. The van der Waals surface area contributed by atoms with Gasteiger partial charge in [0.2, 0.25) is 5.43 Å². The summed E-state index contributed by atoms with van der Waals surface area (Å²) >= 11 is 0. The Morgan fingerprint density at radius 2 is 1.90 bits per heavy atom. The number of fused-ring (bicyclic) bond motifs is 3. The third-order valence-corrected chi connectivity index (χ3v) is 9.50. The first-order chi connectivity index (χ1) is 23.2. The van der Waals surface area contributed by atoms with Gasteiger partial charge in [-0.25, -0.2) is 4.39 Å². The molecule has 0 atom stereocenters. The number of amides is 1. The first kappa shape index (κ1) is 33.5. The Balaban J connectivity index is 1.35. The van der Waals surface area contributed by atoms with Crippen molar-refractivity contribution in [3.05, 3.63) is 93.6 Å². The van der Waals surface area contributed by atoms with Crippen LogP contribution in [-0.2, 0) is 4.74 Å². The van der Waals surface area contributed by atoms with Gasteiger partial charge in [-0.2, -0.15) is 0 Å². The van der Waals surface area contributed by atoms with Crippen LogP contribution in [0.3, 0.4) is 0 Å². The highest BCUT2D eigenvalue weighted by molar-refractivity contribution is 6.02. The zero-order chi connectivity index (χ0) is 33.8. The summed E-state index contributed by atoms with van der Waals surface area (Å²) in [5.74, 6) is -0.312. The molecule has 1 aromatic heterocycles. The Bertz CT molecular complexity index is 1960. The van der Waals surface area contributed by atoms with Crippen molar-refractivity contribution >= 4 is 33.3 Å². The second-order valence-electron chi connectivity index (χ2n) is 13.7. The van der Waals surface area contributed by atoms with Gasteiger partial charge in [-0.1, -0.05) is 68.3 Å². The summed E-state index contributed by atoms with van der Waals surface area (Å²) in [6.07, 6.45) is 12.5. The highest BCUT2D eigenvalue weighted by Gasteiger charge is 2.29. The number of halogens is 1. The molecule has 3 aromatic carbocycles. The van der Waals surface area contributed by atoms with Gasteiger partial charge in [0.05, 0.1) is 17.7 Å². The molecule has 2 aliphatic rings. The molecule has 252 valence electrons. The number of allylic oxidation sites excluding steroid dienone is 3. The lowest BCUT2D eigenvalue weighted by atomic mass is 9.84. The number of unbranched alkanes of at least 4 members (excludes halogenated alkanes) is 1. The second-order valence-corrected chi connectivity index (χ2v) is 13.7. The number of nitrogens with zero attached hydrogens (tertiary/aromatic N) is 1. The van der Waals surface area contributed by atoms with Gasteiger partial charge in [-0.05, 0) is 86.3 Å². The van der Waals surface area contributed by atoms with Crippen molar-refractivity contribution in [2.75, 3.05) is 31.6 Å². The van der Waals surface area contributed by atoms with Crippen LogP contribution in [0.2, 0.25) is 0 Å². The Labute approximate surface area is 281 Å². The molecule has 0 bridgehead atoms. The molecule has 0 spiro atoms. The van der Waals surface area contributed by atoms with E-state index in [0.717, 1.165) is 68.9 Å². The van der Waals surface area contributed by atoms with Crippen LogP contribution in [0.25, 0.3) is 27.4 Å². The van der Waals surface area contributed by atoms with Crippen molar-refractivity contribution in [1.29, 1.82) is 0 Å². The number of rotatable bonds is 11. The molecule has 1 amide bonds. The Hall–Kier alpha value is -4.43. The van der Waals surface area contributed by atoms with Crippen LogP contribution in [-0.4, -0.2) is 36.8 Å². The SMILES string of the molecule is C/C=C(/CC)CC(C)(C)CNC(=O)c1cn2c3c(c(NCCC/C=C4/CCCOCC4)c(F)cc3c1=O)Oc1cc3ccccc3cc1-2. The van der Waals surface area contributed by atoms with E-state index in [2.05, 4.69) is 43.6 Å². The van der Waals surface area contributed by atoms with Crippen molar-refractivity contribution in [1.82, 2.24) is 9.88 Å². The summed E-state index contributed by atoms with van der Waals surface area (Å²) in [5.41, 5.74) is 3.27. The van der Waals surface area contributed by atoms with Crippen molar-refractivity contribution in [2.24, 2.45) is 5.41 Å². The van der Waals surface area contributed by atoms with E-state index in [4.69, 9.17) is 9.47 Å². The number of nitrogens with one attached hydrogen (secondary N) is 2. The van der Waals surface area contributed by atoms with Gasteiger partial charge in [-0.15, -0.1) is 0 Å². The molecule has 1 fully saturated rings. The molecule has 1 saturated heterocycles. The highest BCUT2D eigenvalue weighted by Crippen LogP contribution is 2.46. The summed E-state index contributed by atoms with van der Waals surface area (Å²) in [5, 5.41) is 8.31. The van der Waals surface area contributed by atoms with Crippen molar-refractivity contribution in [2.45, 2.75) is 72.6 Å². The van der Waals surface area contributed by atoms with E-state index in [1.807, 2.05) is 47.9 Å². The lowest BCUT2D eigenvalue weighted by Gasteiger charge is -2.28. The molecule has 48 heavy (non-hydrogen) atoms. The van der Waals surface area contributed by atoms with E-state index < -0.39 is 17.2 Å². The van der Waals surface area contributed by atoms with Crippen LogP contribution >= 0.6 is 0 Å². The van der Waals surface area contributed by atoms with E-state index in [-0.39, 0.29) is 27.8 Å². The van der Waals surface area contributed by atoms with Gasteiger partial charge in [-0.3, -0.25) is 9.59 Å². The minimum absolute atomic E-state index is 0.0379. The van der Waals surface area contributed by atoms with Gasteiger partial charge in [0.1, 0.15) is 16.8 Å². The monoisotopic (exact) mass is 651 g/mol. The molecule has 6 rings (SSSR count). The molecule has 2 aliphatic heterocycles. The number of carbonyl (C=O) groups is 1. The van der Waals surface area contributed by atoms with Gasteiger partial charge >= 0.3 is 0 Å². The fourth-order valence-corrected chi connectivity index (χ4v) is 6.81. The third kappa shape index (κ3) is 7.04. The summed E-state index contributed by atoms with van der Waals surface area (Å²) in [6, 6.07) is 13.1. The number of benzene rings is 3. The fraction of sp³-hybridized carbons (Fsp3) is 0.400. The minimum Gasteiger partial charge on any atom is -0.451 e. The number of anilines is 1. The van der Waals surface area contributed by atoms with E-state index in [9.17, 15) is 9.59 Å². The first-order valence-corrected chi connectivity index (χ1v) is 17.2. The molecule has 0 aliphatic carbocycles. The van der Waals surface area contributed by atoms with E-state index in [1.165, 1.54) is 17.2 Å². The van der Waals surface area contributed by atoms with Gasteiger partial charge in [0.25, 0.3) is 5.91 Å². The Morgan fingerprint density at radius 3 is 2.67 bits per heavy atom. The summed E-state index contributed by atoms with van der Waals surface area (Å²) in [6.45, 7) is 10.8. The van der Waals surface area contributed by atoms with E-state index in [0.29, 0.717) is 30.0 Å². The smallest absolute Gasteiger partial charge is 0.256 e. The largest absolute Gasteiger partial charge is 0.451 e. The van der Waals surface area contributed by atoms with E-state index >= 15 is 4.39 Å². The molecule has 2 N–H and O–H groups in total. The average molecular weight is 652 g/mol. The standard InChI is InChI=1S/C40H46FN3O4/c1-5-26(6-2)23-40(3,4)25-43-39(46)31-24-44-33-20-28-14-7-8-15-29(28)21-34(33)48-38-35(32(41)22-30(36(38)44)37(31)45)42-17-10-9-12-27-13-11-18-47-19-16-27/h5,7-8,12,14-15,20-22,24,42H,6,9-11,13,16-19,23,25H2,1-4H3,(H,43,46)/b26-5-,27-12-. The molecular weight excluding hydrogens is 605 g/mol. The van der Waals surface area contributed by atoms with Crippen LogP contribution in [0, 0.1) is 11.2 Å². The number of hydrogen-bond donors (Lipinski definition) is 2. The average Bonchev–Trinajstić information content (AvgIpc) is 3.36. The number of carbonyl (C=O) groups excluding carboxylic acids is 1. The van der Waals surface area contributed by atoms with Crippen molar-refractivity contribution in [3.63, 3.8) is 0 Å². The molecule has 0 unspecified atom stereocenters. The number of pyridine rings is 1. The number of ether oxygens (including phenoxy) is 2. The van der Waals surface area contributed by atoms with Gasteiger partial charge in [0, 0.05) is 25.9 Å². The lowest BCUT2D eigenvalue weighted by Crippen LogP contribution is -2.37. The van der Waals surface area contributed by atoms with E-state index in [1.54, 1.807) is 6.20 Å². The maximum absolute atomic E-state index is 16.0. The Morgan fingerprint density at radius 1 is 1.10 bits per heavy atom. The molecule has 7 nitrogen and oxygen atoms in total. The zero-order valence-corrected chi connectivity index (χ0v) is 28.5. The summed E-state index contributed by atoms with van der Waals surface area (Å²) in [7, 11) is 0. The summed E-state index contributed by atoms with van der Waals surface area (Å²) < 4.78 is 29.8. The normalized spacial score (nSPS) is 15.7. The first-order valence-electron chi connectivity index (χ1n) is 17.2. The molecule has 8 heteroatoms. The zero-order valence-electron chi connectivity index (χ0n) is 28.5. The van der Waals surface area contributed by atoms with Crippen LogP contribution in [0.15, 0.2) is 76.8 Å². The van der Waals surface area contributed by atoms with Crippen LogP contribution in [0.1, 0.15) is 83.0 Å². The second kappa shape index (κ2) is 14.4. The molecule has 3 heterocycles. The quantitative estimate of drug-likeness (QED) is 0.110. The van der Waals surface area contributed by atoms with Gasteiger partial charge in [0.15, 0.2) is 17.3 Å². The third-order valence-electron chi connectivity index (χ3n) is 9.50. The maximum Gasteiger partial charge on any atom is 0.256 e. The molecule has 0 saturated carbocycles. The number of aromatic nitrogens is 1. The minimum atomic E-state index is -0.596. The van der Waals surface area contributed by atoms with Crippen LogP contribution in [0.4, 0.5) is 10.1 Å². The predicted molar refractivity (Wildman–Crippen MR) is 192 cm³/mol. The topological polar surface area (TPSA) is 81.6 Å². The molecule has 4 aromatic rings. The maximum atomic E-state index is 16.0. The molecular formula is C40H46FN3O4. The molecule has 0 radical (unpaired) electrons. The lowest BCUT2D eigenvalue weighted by molar-refractivity contribution is 0.0934. The predicted octanol–water partition coefficient (Wildman–Crippen LogP) is 9.21. The highest BCUT2D eigenvalue weighted by atomic mass is 19.1. The summed E-state index contributed by atoms with van der Waals surface area (Å²) in [4.78, 5) is 27.6. The van der Waals surface area contributed by atoms with Gasteiger partial charge < -0.3 is 24.7 Å². The van der Waals surface area contributed by atoms with Crippen LogP contribution < -0.4 is 20.8 Å². The van der Waals surface area contributed by atoms with Crippen molar-refractivity contribution in [3.8, 4) is 17.2 Å². The number of hydrogen-bond acceptors (Lipinski definition) is 5. The fourth-order valence-electron chi connectivity index (χ4n) is 6.81.